The fraction of sp³-hybridized carbons (Fsp3) is 0.600. The van der Waals surface area contributed by atoms with Gasteiger partial charge in [-0.15, -0.1) is 0 Å². The van der Waals surface area contributed by atoms with Gasteiger partial charge in [-0.05, 0) is 31.9 Å². The number of unbranched alkanes of at least 4 members (excludes halogenated alkanes) is 2. The molecular formula is C20H33NO2. The van der Waals surface area contributed by atoms with E-state index in [0.717, 1.165) is 18.5 Å². The Morgan fingerprint density at radius 2 is 1.78 bits per heavy atom. The lowest BCUT2D eigenvalue weighted by Gasteiger charge is -2.19. The molecule has 1 aromatic carbocycles. The minimum absolute atomic E-state index is 0.0985. The molecule has 23 heavy (non-hydrogen) atoms. The number of carbonyl (C=O) groups excluding carboxylic acids is 1. The summed E-state index contributed by atoms with van der Waals surface area (Å²) in [5.41, 5.74) is 1.43. The number of fused-ring (bicyclic) bond motifs is 1. The van der Waals surface area contributed by atoms with Gasteiger partial charge in [0, 0.05) is 5.56 Å². The molecular weight excluding hydrogens is 286 g/mol. The Bertz CT molecular complexity index is 480. The van der Waals surface area contributed by atoms with Crippen LogP contribution in [0.2, 0.25) is 0 Å². The van der Waals surface area contributed by atoms with Crippen molar-refractivity contribution < 1.29 is 9.53 Å². The minimum Gasteiger partial charge on any atom is -0.477 e. The Morgan fingerprint density at radius 1 is 1.13 bits per heavy atom. The molecule has 2 rings (SSSR count). The molecule has 1 atom stereocenters. The van der Waals surface area contributed by atoms with Gasteiger partial charge in [-0.3, -0.25) is 4.79 Å². The first-order valence-electron chi connectivity index (χ1n) is 9.07. The van der Waals surface area contributed by atoms with Crippen LogP contribution in [0.4, 0.5) is 5.69 Å². The van der Waals surface area contributed by atoms with Crippen molar-refractivity contribution in [3.63, 3.8) is 0 Å². The number of nitrogens with zero attached hydrogens (tertiary/aromatic N) is 1. The average molecular weight is 319 g/mol. The van der Waals surface area contributed by atoms with Crippen molar-refractivity contribution in [3.05, 3.63) is 29.8 Å². The summed E-state index contributed by atoms with van der Waals surface area (Å²) in [5.74, 6) is 0.661. The van der Waals surface area contributed by atoms with Crippen molar-refractivity contribution in [2.75, 3.05) is 0 Å². The third kappa shape index (κ3) is 7.45. The maximum absolute atomic E-state index is 12.0. The van der Waals surface area contributed by atoms with Gasteiger partial charge in [0.15, 0.2) is 11.7 Å². The van der Waals surface area contributed by atoms with Crippen molar-refractivity contribution in [1.29, 1.82) is 0 Å². The fourth-order valence-electron chi connectivity index (χ4n) is 2.25. The van der Waals surface area contributed by atoms with Gasteiger partial charge in [-0.2, -0.15) is 0 Å². The Morgan fingerprint density at radius 3 is 2.43 bits per heavy atom. The van der Waals surface area contributed by atoms with Crippen molar-refractivity contribution in [2.45, 2.75) is 79.8 Å². The SMILES string of the molecule is CC.CC.CCCCCC(C)OC1=Nc2ccccc2C(=O)C1. The monoisotopic (exact) mass is 319 g/mol. The number of hydrogen-bond acceptors (Lipinski definition) is 3. The van der Waals surface area contributed by atoms with Crippen LogP contribution in [0.15, 0.2) is 29.3 Å². The lowest BCUT2D eigenvalue weighted by molar-refractivity contribution is 0.0983. The molecule has 1 aromatic rings. The van der Waals surface area contributed by atoms with Crippen molar-refractivity contribution >= 4 is 17.4 Å². The number of aliphatic imine (C=N–C) groups is 1. The number of carbonyl (C=O) groups is 1. The van der Waals surface area contributed by atoms with E-state index < -0.39 is 0 Å². The van der Waals surface area contributed by atoms with Gasteiger partial charge >= 0.3 is 0 Å². The second-order valence-electron chi connectivity index (χ2n) is 5.05. The maximum Gasteiger partial charge on any atom is 0.196 e. The smallest absolute Gasteiger partial charge is 0.196 e. The molecule has 0 bridgehead atoms. The highest BCUT2D eigenvalue weighted by molar-refractivity contribution is 6.13. The van der Waals surface area contributed by atoms with E-state index in [9.17, 15) is 4.79 Å². The molecule has 0 spiro atoms. The predicted molar refractivity (Wildman–Crippen MR) is 99.9 cm³/mol. The summed E-state index contributed by atoms with van der Waals surface area (Å²) in [4.78, 5) is 16.4. The van der Waals surface area contributed by atoms with Gasteiger partial charge in [0.2, 0.25) is 0 Å². The van der Waals surface area contributed by atoms with Crippen LogP contribution in [0, 0.1) is 0 Å². The molecule has 0 N–H and O–H groups in total. The van der Waals surface area contributed by atoms with Crippen molar-refractivity contribution in [2.24, 2.45) is 4.99 Å². The van der Waals surface area contributed by atoms with Crippen LogP contribution in [-0.2, 0) is 4.74 Å². The second kappa shape index (κ2) is 12.9. The Hall–Kier alpha value is -1.64. The number of hydrogen-bond donors (Lipinski definition) is 0. The molecule has 0 saturated heterocycles. The first kappa shape index (κ1) is 21.4. The average Bonchev–Trinajstić information content (AvgIpc) is 2.59. The lowest BCUT2D eigenvalue weighted by Crippen LogP contribution is -2.20. The summed E-state index contributed by atoms with van der Waals surface area (Å²) < 4.78 is 5.79. The van der Waals surface area contributed by atoms with Crippen LogP contribution in [0.1, 0.15) is 84.0 Å². The van der Waals surface area contributed by atoms with E-state index in [1.165, 1.54) is 12.8 Å². The summed E-state index contributed by atoms with van der Waals surface area (Å²) in [5, 5.41) is 0. The van der Waals surface area contributed by atoms with Gasteiger partial charge < -0.3 is 4.74 Å². The highest BCUT2D eigenvalue weighted by Gasteiger charge is 2.21. The molecule has 1 unspecified atom stereocenters. The Balaban J connectivity index is 0.00000112. The summed E-state index contributed by atoms with van der Waals surface area (Å²) >= 11 is 0. The molecule has 3 nitrogen and oxygen atoms in total. The lowest BCUT2D eigenvalue weighted by atomic mass is 10.0. The highest BCUT2D eigenvalue weighted by Crippen LogP contribution is 2.26. The van der Waals surface area contributed by atoms with Crippen LogP contribution in [-0.4, -0.2) is 17.8 Å². The zero-order valence-corrected chi connectivity index (χ0v) is 15.7. The molecule has 0 saturated carbocycles. The van der Waals surface area contributed by atoms with Gasteiger partial charge in [0.05, 0.1) is 18.2 Å². The van der Waals surface area contributed by atoms with E-state index in [2.05, 4.69) is 11.9 Å². The predicted octanol–water partition coefficient (Wildman–Crippen LogP) is 6.34. The third-order valence-electron chi connectivity index (χ3n) is 3.31. The summed E-state index contributed by atoms with van der Waals surface area (Å²) in [7, 11) is 0. The molecule has 0 amide bonds. The second-order valence-corrected chi connectivity index (χ2v) is 5.05. The fourth-order valence-corrected chi connectivity index (χ4v) is 2.25. The molecule has 0 fully saturated rings. The number of Topliss-reactive ketones (excluding diaryl/α,β-unsaturated/α-hetero) is 1. The van der Waals surface area contributed by atoms with E-state index in [1.54, 1.807) is 0 Å². The largest absolute Gasteiger partial charge is 0.477 e. The Kier molecular flexibility index (Phi) is 11.9. The van der Waals surface area contributed by atoms with Gasteiger partial charge in [-0.25, -0.2) is 4.99 Å². The zero-order valence-electron chi connectivity index (χ0n) is 15.7. The quantitative estimate of drug-likeness (QED) is 0.594. The number of benzene rings is 1. The summed E-state index contributed by atoms with van der Waals surface area (Å²) in [6.07, 6.45) is 5.03. The molecule has 1 aliphatic rings. The third-order valence-corrected chi connectivity index (χ3v) is 3.31. The van der Waals surface area contributed by atoms with Crippen LogP contribution in [0.5, 0.6) is 0 Å². The number of ketones is 1. The summed E-state index contributed by atoms with van der Waals surface area (Å²) in [6.45, 7) is 12.2. The van der Waals surface area contributed by atoms with E-state index in [1.807, 2.05) is 58.9 Å². The van der Waals surface area contributed by atoms with Gasteiger partial charge in [0.25, 0.3) is 0 Å². The first-order chi connectivity index (χ1) is 11.2. The molecule has 1 heterocycles. The molecule has 0 radical (unpaired) electrons. The van der Waals surface area contributed by atoms with Crippen LogP contribution >= 0.6 is 0 Å². The highest BCUT2D eigenvalue weighted by atomic mass is 16.5. The molecule has 130 valence electrons. The minimum atomic E-state index is 0.0985. The molecule has 0 aliphatic carbocycles. The number of ether oxygens (including phenoxy) is 1. The molecule has 0 aromatic heterocycles. The zero-order chi connectivity index (χ0) is 17.7. The van der Waals surface area contributed by atoms with E-state index in [4.69, 9.17) is 4.74 Å². The number of para-hydroxylation sites is 1. The molecule has 1 aliphatic heterocycles. The first-order valence-corrected chi connectivity index (χ1v) is 9.07. The Labute approximate surface area is 142 Å². The van der Waals surface area contributed by atoms with Gasteiger partial charge in [-0.1, -0.05) is 59.6 Å². The maximum atomic E-state index is 12.0. The standard InChI is InChI=1S/C16H21NO2.2C2H6/c1-3-4-5-8-12(2)19-16-11-15(18)13-9-6-7-10-14(13)17-16;2*1-2/h6-7,9-10,12H,3-5,8,11H2,1-2H3;2*1-2H3. The topological polar surface area (TPSA) is 38.7 Å². The summed E-state index contributed by atoms with van der Waals surface area (Å²) in [6, 6.07) is 7.44. The van der Waals surface area contributed by atoms with Gasteiger partial charge in [0.1, 0.15) is 0 Å². The number of rotatable bonds is 5. The van der Waals surface area contributed by atoms with E-state index in [0.29, 0.717) is 11.5 Å². The van der Waals surface area contributed by atoms with Crippen LogP contribution in [0.3, 0.4) is 0 Å². The van der Waals surface area contributed by atoms with Crippen molar-refractivity contribution in [1.82, 2.24) is 0 Å². The van der Waals surface area contributed by atoms with E-state index in [-0.39, 0.29) is 18.3 Å². The normalized spacial score (nSPS) is 13.5. The van der Waals surface area contributed by atoms with E-state index >= 15 is 0 Å². The van der Waals surface area contributed by atoms with Crippen LogP contribution < -0.4 is 0 Å². The van der Waals surface area contributed by atoms with Crippen LogP contribution in [0.25, 0.3) is 0 Å². The van der Waals surface area contributed by atoms with Crippen molar-refractivity contribution in [3.8, 4) is 0 Å². The molecule has 3 heteroatoms.